The van der Waals surface area contributed by atoms with Crippen LogP contribution in [-0.2, 0) is 0 Å². The van der Waals surface area contributed by atoms with Gasteiger partial charge in [0.15, 0.2) is 0 Å². The molecule has 15 heavy (non-hydrogen) atoms. The highest BCUT2D eigenvalue weighted by atomic mass is 16.3. The molecule has 3 heteroatoms. The van der Waals surface area contributed by atoms with Gasteiger partial charge < -0.3 is 15.7 Å². The molecule has 0 aromatic heterocycles. The molecule has 1 aromatic rings. The third-order valence-electron chi connectivity index (χ3n) is 2.77. The first-order valence-corrected chi connectivity index (χ1v) is 5.12. The van der Waals surface area contributed by atoms with Crippen LogP contribution in [0.5, 0.6) is 0 Å². The van der Waals surface area contributed by atoms with E-state index in [4.69, 9.17) is 10.8 Å². The maximum absolute atomic E-state index is 9.04. The maximum Gasteiger partial charge on any atom is 0.0624 e. The quantitative estimate of drug-likeness (QED) is 0.788. The first-order valence-electron chi connectivity index (χ1n) is 5.12. The average molecular weight is 208 g/mol. The number of nitrogens with two attached hydrogens (primary N) is 1. The van der Waals surface area contributed by atoms with Crippen LogP contribution in [0.1, 0.15) is 22.7 Å². The fraction of sp³-hybridized carbons (Fsp3) is 0.500. The Kier molecular flexibility index (Phi) is 3.72. The molecule has 0 saturated carbocycles. The van der Waals surface area contributed by atoms with Gasteiger partial charge in [-0.3, -0.25) is 0 Å². The number of anilines is 1. The third kappa shape index (κ3) is 2.49. The standard InChI is InChI=1S/C12H20N2O/c1-8-5-10(11(13)7-15)6-12(9(8)2)14(3)4/h5-6,11,15H,7,13H2,1-4H3. The summed E-state index contributed by atoms with van der Waals surface area (Å²) in [6, 6.07) is 3.80. The van der Waals surface area contributed by atoms with Crippen LogP contribution in [0.25, 0.3) is 0 Å². The zero-order valence-electron chi connectivity index (χ0n) is 9.91. The molecule has 0 heterocycles. The largest absolute Gasteiger partial charge is 0.394 e. The van der Waals surface area contributed by atoms with E-state index in [1.54, 1.807) is 0 Å². The second-order valence-electron chi connectivity index (χ2n) is 4.17. The van der Waals surface area contributed by atoms with Crippen LogP contribution in [0.3, 0.4) is 0 Å². The summed E-state index contributed by atoms with van der Waals surface area (Å²) in [5.41, 5.74) is 10.4. The summed E-state index contributed by atoms with van der Waals surface area (Å²) in [4.78, 5) is 2.07. The Balaban J connectivity index is 3.23. The van der Waals surface area contributed by atoms with Gasteiger partial charge in [-0.1, -0.05) is 6.07 Å². The van der Waals surface area contributed by atoms with Gasteiger partial charge in [0.25, 0.3) is 0 Å². The summed E-state index contributed by atoms with van der Waals surface area (Å²) in [5, 5.41) is 9.04. The van der Waals surface area contributed by atoms with Gasteiger partial charge in [-0.15, -0.1) is 0 Å². The molecule has 0 aliphatic rings. The Labute approximate surface area is 91.5 Å². The number of nitrogens with zero attached hydrogens (tertiary/aromatic N) is 1. The molecule has 0 amide bonds. The molecule has 0 spiro atoms. The molecule has 1 unspecified atom stereocenters. The highest BCUT2D eigenvalue weighted by Crippen LogP contribution is 2.25. The Bertz CT molecular complexity index is 348. The monoisotopic (exact) mass is 208 g/mol. The Morgan fingerprint density at radius 3 is 2.40 bits per heavy atom. The van der Waals surface area contributed by atoms with Crippen molar-refractivity contribution in [3.8, 4) is 0 Å². The van der Waals surface area contributed by atoms with Gasteiger partial charge in [-0.2, -0.15) is 0 Å². The molecule has 0 bridgehead atoms. The summed E-state index contributed by atoms with van der Waals surface area (Å²) < 4.78 is 0. The van der Waals surface area contributed by atoms with Crippen molar-refractivity contribution in [3.05, 3.63) is 28.8 Å². The highest BCUT2D eigenvalue weighted by molar-refractivity contribution is 5.57. The summed E-state index contributed by atoms with van der Waals surface area (Å²) in [6.07, 6.45) is 0. The number of benzene rings is 1. The predicted octanol–water partition coefficient (Wildman–Crippen LogP) is 1.36. The topological polar surface area (TPSA) is 49.5 Å². The zero-order valence-corrected chi connectivity index (χ0v) is 9.91. The van der Waals surface area contributed by atoms with Crippen LogP contribution < -0.4 is 10.6 Å². The fourth-order valence-electron chi connectivity index (χ4n) is 1.65. The average Bonchev–Trinajstić information content (AvgIpc) is 2.20. The van der Waals surface area contributed by atoms with Crippen molar-refractivity contribution >= 4 is 5.69 Å². The lowest BCUT2D eigenvalue weighted by atomic mass is 9.99. The first-order chi connectivity index (χ1) is 6.97. The normalized spacial score (nSPS) is 12.7. The molecule has 3 N–H and O–H groups in total. The minimum absolute atomic E-state index is 0.0185. The molecular weight excluding hydrogens is 188 g/mol. The molecule has 1 rings (SSSR count). The van der Waals surface area contributed by atoms with Crippen LogP contribution in [0, 0.1) is 13.8 Å². The fourth-order valence-corrected chi connectivity index (χ4v) is 1.65. The van der Waals surface area contributed by atoms with E-state index < -0.39 is 0 Å². The highest BCUT2D eigenvalue weighted by Gasteiger charge is 2.10. The van der Waals surface area contributed by atoms with Gasteiger partial charge in [-0.05, 0) is 36.6 Å². The number of hydrogen-bond acceptors (Lipinski definition) is 3. The maximum atomic E-state index is 9.04. The molecule has 84 valence electrons. The summed E-state index contributed by atoms with van der Waals surface area (Å²) >= 11 is 0. The van der Waals surface area contributed by atoms with Crippen molar-refractivity contribution in [2.75, 3.05) is 25.6 Å². The van der Waals surface area contributed by atoms with Crippen molar-refractivity contribution in [1.82, 2.24) is 0 Å². The van der Waals surface area contributed by atoms with E-state index in [1.165, 1.54) is 11.1 Å². The van der Waals surface area contributed by atoms with Gasteiger partial charge in [0.05, 0.1) is 12.6 Å². The smallest absolute Gasteiger partial charge is 0.0624 e. The van der Waals surface area contributed by atoms with E-state index in [-0.39, 0.29) is 12.6 Å². The van der Waals surface area contributed by atoms with Crippen molar-refractivity contribution < 1.29 is 5.11 Å². The molecule has 0 saturated heterocycles. The van der Waals surface area contributed by atoms with E-state index in [1.807, 2.05) is 26.2 Å². The Morgan fingerprint density at radius 2 is 1.93 bits per heavy atom. The lowest BCUT2D eigenvalue weighted by molar-refractivity contribution is 0.268. The van der Waals surface area contributed by atoms with Crippen LogP contribution in [-0.4, -0.2) is 25.8 Å². The number of aliphatic hydroxyl groups is 1. The lowest BCUT2D eigenvalue weighted by Gasteiger charge is -2.20. The number of aryl methyl sites for hydroxylation is 1. The van der Waals surface area contributed by atoms with E-state index in [9.17, 15) is 0 Å². The van der Waals surface area contributed by atoms with Gasteiger partial charge in [0, 0.05) is 19.8 Å². The SMILES string of the molecule is Cc1cc(C(N)CO)cc(N(C)C)c1C. The second-order valence-corrected chi connectivity index (χ2v) is 4.17. The summed E-state index contributed by atoms with van der Waals surface area (Å²) in [6.45, 7) is 4.14. The van der Waals surface area contributed by atoms with Crippen LogP contribution in [0.4, 0.5) is 5.69 Å². The molecule has 3 nitrogen and oxygen atoms in total. The number of rotatable bonds is 3. The van der Waals surface area contributed by atoms with Gasteiger partial charge in [0.1, 0.15) is 0 Å². The third-order valence-corrected chi connectivity index (χ3v) is 2.77. The van der Waals surface area contributed by atoms with Gasteiger partial charge in [0.2, 0.25) is 0 Å². The molecule has 1 aromatic carbocycles. The van der Waals surface area contributed by atoms with Crippen LogP contribution >= 0.6 is 0 Å². The summed E-state index contributed by atoms with van der Waals surface area (Å²) in [5.74, 6) is 0. The second kappa shape index (κ2) is 4.64. The first kappa shape index (κ1) is 12.0. The minimum atomic E-state index is -0.289. The molecule has 0 aliphatic heterocycles. The minimum Gasteiger partial charge on any atom is -0.394 e. The van der Waals surface area contributed by atoms with E-state index in [0.29, 0.717) is 0 Å². The van der Waals surface area contributed by atoms with Crippen molar-refractivity contribution in [3.63, 3.8) is 0 Å². The Morgan fingerprint density at radius 1 is 1.33 bits per heavy atom. The molecule has 0 radical (unpaired) electrons. The van der Waals surface area contributed by atoms with Crippen molar-refractivity contribution in [1.29, 1.82) is 0 Å². The molecule has 0 aliphatic carbocycles. The molecule has 1 atom stereocenters. The van der Waals surface area contributed by atoms with Crippen LogP contribution in [0.15, 0.2) is 12.1 Å². The molecular formula is C12H20N2O. The van der Waals surface area contributed by atoms with E-state index in [0.717, 1.165) is 11.3 Å². The molecule has 0 fully saturated rings. The summed E-state index contributed by atoms with van der Waals surface area (Å²) in [7, 11) is 4.02. The predicted molar refractivity (Wildman–Crippen MR) is 64.3 cm³/mol. The number of aliphatic hydroxyl groups excluding tert-OH is 1. The van der Waals surface area contributed by atoms with Crippen molar-refractivity contribution in [2.24, 2.45) is 5.73 Å². The van der Waals surface area contributed by atoms with E-state index in [2.05, 4.69) is 18.7 Å². The van der Waals surface area contributed by atoms with Gasteiger partial charge in [-0.25, -0.2) is 0 Å². The number of hydrogen-bond donors (Lipinski definition) is 2. The lowest BCUT2D eigenvalue weighted by Crippen LogP contribution is -2.17. The zero-order chi connectivity index (χ0) is 11.6. The Hall–Kier alpha value is -1.06. The van der Waals surface area contributed by atoms with Crippen molar-refractivity contribution in [2.45, 2.75) is 19.9 Å². The van der Waals surface area contributed by atoms with E-state index >= 15 is 0 Å². The van der Waals surface area contributed by atoms with Gasteiger partial charge >= 0.3 is 0 Å². The van der Waals surface area contributed by atoms with Crippen LogP contribution in [0.2, 0.25) is 0 Å².